The molecule has 3 aromatic rings. The molecule has 3 aromatic carbocycles. The van der Waals surface area contributed by atoms with Crippen LogP contribution in [0, 0.1) is 0 Å². The van der Waals surface area contributed by atoms with Gasteiger partial charge in [-0.15, -0.1) is 0 Å². The molecule has 0 radical (unpaired) electrons. The fourth-order valence-electron chi connectivity index (χ4n) is 3.18. The van der Waals surface area contributed by atoms with E-state index < -0.39 is 31.9 Å². The van der Waals surface area contributed by atoms with Gasteiger partial charge in [0, 0.05) is 15.6 Å². The third-order valence-electron chi connectivity index (χ3n) is 4.42. The summed E-state index contributed by atoms with van der Waals surface area (Å²) < 4.78 is 33.9. The minimum atomic E-state index is -5.07. The fourth-order valence-corrected chi connectivity index (χ4v) is 5.42. The maximum absolute atomic E-state index is 12.9. The van der Waals surface area contributed by atoms with Crippen molar-refractivity contribution in [1.29, 1.82) is 0 Å². The van der Waals surface area contributed by atoms with E-state index in [1.54, 1.807) is 0 Å². The summed E-state index contributed by atoms with van der Waals surface area (Å²) in [7, 11) is -5.07. The summed E-state index contributed by atoms with van der Waals surface area (Å²) in [5.41, 5.74) is -0.468. The molecule has 0 spiro atoms. The summed E-state index contributed by atoms with van der Waals surface area (Å²) >= 11 is 24.0. The molecule has 0 unspecified atom stereocenters. The van der Waals surface area contributed by atoms with Crippen molar-refractivity contribution in [2.75, 3.05) is 0 Å². The van der Waals surface area contributed by atoms with E-state index in [-0.39, 0.29) is 21.2 Å². The van der Waals surface area contributed by atoms with Crippen LogP contribution < -0.4 is 0 Å². The van der Waals surface area contributed by atoms with Crippen molar-refractivity contribution in [3.05, 3.63) is 91.4 Å². The zero-order chi connectivity index (χ0) is 21.6. The van der Waals surface area contributed by atoms with Crippen LogP contribution in [0.1, 0.15) is 16.7 Å². The Kier molecular flexibility index (Phi) is 5.98. The maximum Gasteiger partial charge on any atom is 0.283 e. The second-order valence-corrected chi connectivity index (χ2v) is 9.33. The van der Waals surface area contributed by atoms with E-state index >= 15 is 0 Å². The van der Waals surface area contributed by atoms with Crippen molar-refractivity contribution in [3.63, 3.8) is 0 Å². The standard InChI is InChI=1S/C19H12Cl4O5S/c20-12-5-1-10(2-6-12)19(29(26,27)28,11-3-7-13(21)8-4-11)16-14(22)9-15(23)17(24)18(16)25/h1-9,24-25H,(H,26,27,28). The zero-order valence-electron chi connectivity index (χ0n) is 14.3. The van der Waals surface area contributed by atoms with Gasteiger partial charge in [0.05, 0.1) is 10.0 Å². The van der Waals surface area contributed by atoms with Gasteiger partial charge in [0.1, 0.15) is 0 Å². The molecule has 10 heteroatoms. The Balaban J connectivity index is 2.59. The molecule has 3 N–H and O–H groups in total. The van der Waals surface area contributed by atoms with E-state index in [1.807, 2.05) is 0 Å². The Morgan fingerprint density at radius 2 is 1.10 bits per heavy atom. The van der Waals surface area contributed by atoms with Gasteiger partial charge in [0.25, 0.3) is 10.1 Å². The summed E-state index contributed by atoms with van der Waals surface area (Å²) in [5.74, 6) is -1.69. The van der Waals surface area contributed by atoms with E-state index in [4.69, 9.17) is 46.4 Å². The average molecular weight is 494 g/mol. The van der Waals surface area contributed by atoms with Crippen molar-refractivity contribution < 1.29 is 23.2 Å². The first-order valence-corrected chi connectivity index (χ1v) is 10.8. The smallest absolute Gasteiger partial charge is 0.283 e. The predicted molar refractivity (Wildman–Crippen MR) is 114 cm³/mol. The number of hydrogen-bond acceptors (Lipinski definition) is 4. The molecule has 0 amide bonds. The molecule has 0 saturated carbocycles. The molecule has 0 atom stereocenters. The Hall–Kier alpha value is -1.67. The lowest BCUT2D eigenvalue weighted by Crippen LogP contribution is -2.38. The minimum Gasteiger partial charge on any atom is -0.504 e. The Labute approximate surface area is 186 Å². The Morgan fingerprint density at radius 3 is 1.48 bits per heavy atom. The molecule has 0 saturated heterocycles. The van der Waals surface area contributed by atoms with E-state index in [9.17, 15) is 23.2 Å². The summed E-state index contributed by atoms with van der Waals surface area (Å²) in [6, 6.07) is 12.1. The lowest BCUT2D eigenvalue weighted by atomic mass is 9.83. The molecule has 0 aromatic heterocycles. The lowest BCUT2D eigenvalue weighted by Gasteiger charge is -2.34. The zero-order valence-corrected chi connectivity index (χ0v) is 18.1. The molecule has 0 aliphatic carbocycles. The van der Waals surface area contributed by atoms with Gasteiger partial charge in [0.15, 0.2) is 16.2 Å². The molecular weight excluding hydrogens is 482 g/mol. The molecule has 0 aliphatic rings. The second-order valence-electron chi connectivity index (χ2n) is 6.08. The van der Waals surface area contributed by atoms with Gasteiger partial charge < -0.3 is 10.2 Å². The number of phenols is 2. The molecule has 0 aliphatic heterocycles. The Morgan fingerprint density at radius 1 is 0.690 bits per heavy atom. The van der Waals surface area contributed by atoms with Gasteiger partial charge in [-0.1, -0.05) is 70.7 Å². The van der Waals surface area contributed by atoms with Crippen LogP contribution in [0.15, 0.2) is 54.6 Å². The normalized spacial score (nSPS) is 12.2. The molecule has 152 valence electrons. The quantitative estimate of drug-likeness (QED) is 0.239. The highest BCUT2D eigenvalue weighted by atomic mass is 35.5. The first kappa shape index (κ1) is 22.0. The highest BCUT2D eigenvalue weighted by Gasteiger charge is 2.52. The van der Waals surface area contributed by atoms with Crippen LogP contribution in [0.25, 0.3) is 0 Å². The number of halogens is 4. The summed E-state index contributed by atoms with van der Waals surface area (Å²) in [4.78, 5) is 0. The highest BCUT2D eigenvalue weighted by molar-refractivity contribution is 7.87. The van der Waals surface area contributed by atoms with Crippen molar-refractivity contribution in [3.8, 4) is 11.5 Å². The van der Waals surface area contributed by atoms with Crippen LogP contribution in [-0.2, 0) is 14.9 Å². The molecule has 3 rings (SSSR count). The fraction of sp³-hybridized carbons (Fsp3) is 0.0526. The van der Waals surface area contributed by atoms with Gasteiger partial charge in [-0.05, 0) is 41.5 Å². The molecule has 0 fully saturated rings. The predicted octanol–water partition coefficient (Wildman–Crippen LogP) is 5.89. The van der Waals surface area contributed by atoms with Crippen LogP contribution in [0.4, 0.5) is 0 Å². The van der Waals surface area contributed by atoms with Crippen LogP contribution in [0.3, 0.4) is 0 Å². The topological polar surface area (TPSA) is 94.8 Å². The van der Waals surface area contributed by atoms with E-state index in [0.29, 0.717) is 10.0 Å². The largest absolute Gasteiger partial charge is 0.504 e. The van der Waals surface area contributed by atoms with Crippen molar-refractivity contribution in [1.82, 2.24) is 0 Å². The monoisotopic (exact) mass is 492 g/mol. The minimum absolute atomic E-state index is 0.00523. The van der Waals surface area contributed by atoms with E-state index in [2.05, 4.69) is 0 Å². The van der Waals surface area contributed by atoms with Gasteiger partial charge >= 0.3 is 0 Å². The third-order valence-corrected chi connectivity index (χ3v) is 6.96. The van der Waals surface area contributed by atoms with Crippen molar-refractivity contribution >= 4 is 56.5 Å². The number of hydrogen-bond donors (Lipinski definition) is 3. The molecule has 5 nitrogen and oxygen atoms in total. The van der Waals surface area contributed by atoms with Gasteiger partial charge in [0.2, 0.25) is 0 Å². The van der Waals surface area contributed by atoms with Crippen LogP contribution in [0.5, 0.6) is 11.5 Å². The number of phenolic OH excluding ortho intramolecular Hbond substituents is 2. The SMILES string of the molecule is O=S(=O)(O)C(c1ccc(Cl)cc1)(c1ccc(Cl)cc1)c1c(Cl)cc(Cl)c(O)c1O. The first-order valence-electron chi connectivity index (χ1n) is 7.89. The second kappa shape index (κ2) is 7.87. The van der Waals surface area contributed by atoms with E-state index in [0.717, 1.165) is 6.07 Å². The number of aromatic hydroxyl groups is 2. The van der Waals surface area contributed by atoms with Gasteiger partial charge in [-0.3, -0.25) is 4.55 Å². The maximum atomic E-state index is 12.9. The molecule has 0 heterocycles. The summed E-state index contributed by atoms with van der Waals surface area (Å²) in [6.45, 7) is 0. The average Bonchev–Trinajstić information content (AvgIpc) is 2.64. The molecular formula is C19H12Cl4O5S. The van der Waals surface area contributed by atoms with Gasteiger partial charge in [-0.25, -0.2) is 0 Å². The number of benzene rings is 3. The highest BCUT2D eigenvalue weighted by Crippen LogP contribution is 2.53. The van der Waals surface area contributed by atoms with Gasteiger partial charge in [-0.2, -0.15) is 8.42 Å². The van der Waals surface area contributed by atoms with E-state index in [1.165, 1.54) is 48.5 Å². The molecule has 0 bridgehead atoms. The van der Waals surface area contributed by atoms with Crippen LogP contribution >= 0.6 is 46.4 Å². The van der Waals surface area contributed by atoms with Crippen LogP contribution in [-0.4, -0.2) is 23.2 Å². The third kappa shape index (κ3) is 3.65. The first-order chi connectivity index (χ1) is 13.5. The number of rotatable bonds is 4. The van der Waals surface area contributed by atoms with Crippen molar-refractivity contribution in [2.45, 2.75) is 4.75 Å². The van der Waals surface area contributed by atoms with Crippen molar-refractivity contribution in [2.24, 2.45) is 0 Å². The summed E-state index contributed by atoms with van der Waals surface area (Å²) in [5, 5.41) is 20.8. The summed E-state index contributed by atoms with van der Waals surface area (Å²) in [6.07, 6.45) is 0. The lowest BCUT2D eigenvalue weighted by molar-refractivity contribution is 0.394. The van der Waals surface area contributed by atoms with Crippen LogP contribution in [0.2, 0.25) is 20.1 Å². The molecule has 29 heavy (non-hydrogen) atoms. The Bertz CT molecular complexity index is 1130.